The average Bonchev–Trinajstić information content (AvgIpc) is 2.81. The van der Waals surface area contributed by atoms with Crippen molar-refractivity contribution in [1.82, 2.24) is 0 Å². The van der Waals surface area contributed by atoms with E-state index < -0.39 is 59.4 Å². The number of Topliss-reactive ketones (excluding diaryl/α,β-unsaturated/α-hetero) is 2. The molecule has 0 aliphatic carbocycles. The zero-order chi connectivity index (χ0) is 27.9. The average molecular weight is 516 g/mol. The van der Waals surface area contributed by atoms with Crippen molar-refractivity contribution in [3.8, 4) is 11.5 Å². The molecule has 196 valence electrons. The number of carbonyl (C=O) groups excluding carboxylic acids is 3. The summed E-state index contributed by atoms with van der Waals surface area (Å²) in [5.74, 6) is -13.8. The number of hydrogen-bond donors (Lipinski definition) is 6. The lowest BCUT2D eigenvalue weighted by molar-refractivity contribution is -0.160. The highest BCUT2D eigenvalue weighted by Gasteiger charge is 2.39. The van der Waals surface area contributed by atoms with Gasteiger partial charge in [-0.2, -0.15) is 0 Å². The van der Waals surface area contributed by atoms with Gasteiger partial charge in [0.2, 0.25) is 11.8 Å². The van der Waals surface area contributed by atoms with Gasteiger partial charge in [0.05, 0.1) is 12.1 Å². The first kappa shape index (κ1) is 28.6. The third-order valence-electron chi connectivity index (χ3n) is 5.27. The lowest BCUT2D eigenvalue weighted by Gasteiger charge is -2.16. The van der Waals surface area contributed by atoms with Crippen LogP contribution in [0.4, 0.5) is 0 Å². The van der Waals surface area contributed by atoms with Crippen molar-refractivity contribution in [2.45, 2.75) is 24.9 Å². The van der Waals surface area contributed by atoms with E-state index in [2.05, 4.69) is 0 Å². The Morgan fingerprint density at radius 1 is 0.649 bits per heavy atom. The number of ketones is 2. The maximum absolute atomic E-state index is 12.6. The number of ether oxygens (including phenoxy) is 1. The van der Waals surface area contributed by atoms with Crippen LogP contribution in [0.15, 0.2) is 48.5 Å². The van der Waals surface area contributed by atoms with Crippen molar-refractivity contribution >= 4 is 35.4 Å². The van der Waals surface area contributed by atoms with E-state index in [4.69, 9.17) is 26.4 Å². The predicted octanol–water partition coefficient (Wildman–Crippen LogP) is -0.638. The van der Waals surface area contributed by atoms with Crippen molar-refractivity contribution in [2.24, 2.45) is 23.3 Å². The topological polar surface area (TPSA) is 245 Å². The number of carboxylic acids is 3. The summed E-state index contributed by atoms with van der Waals surface area (Å²) in [6, 6.07) is 8.00. The Morgan fingerprint density at radius 2 is 1.03 bits per heavy atom. The highest BCUT2D eigenvalue weighted by Crippen LogP contribution is 2.18. The van der Waals surface area contributed by atoms with Gasteiger partial charge in [-0.15, -0.1) is 0 Å². The fraction of sp³-hybridized carbons (Fsp3) is 0.250. The molecule has 0 aliphatic rings. The molecule has 0 saturated heterocycles. The van der Waals surface area contributed by atoms with Crippen LogP contribution in [0, 0.1) is 11.8 Å². The summed E-state index contributed by atoms with van der Waals surface area (Å²) < 4.78 is 5.00. The van der Waals surface area contributed by atoms with Gasteiger partial charge in [-0.05, 0) is 48.2 Å². The van der Waals surface area contributed by atoms with Crippen LogP contribution in [0.3, 0.4) is 0 Å². The Bertz CT molecular complexity index is 1180. The Hall–Kier alpha value is -4.62. The molecule has 8 N–H and O–H groups in total. The molecule has 0 fully saturated rings. The number of phenolic OH excluding ortho intramolecular Hbond substituents is 1. The number of benzene rings is 2. The third kappa shape index (κ3) is 7.68. The van der Waals surface area contributed by atoms with E-state index in [0.29, 0.717) is 11.1 Å². The number of hydrogen-bond acceptors (Lipinski definition) is 10. The molecule has 2 rings (SSSR count). The second-order valence-electron chi connectivity index (χ2n) is 8.04. The van der Waals surface area contributed by atoms with Gasteiger partial charge >= 0.3 is 23.9 Å². The minimum absolute atomic E-state index is 0.0139. The monoisotopic (exact) mass is 516 g/mol. The lowest BCUT2D eigenvalue weighted by atomic mass is 9.94. The largest absolute Gasteiger partial charge is 0.508 e. The first-order valence-corrected chi connectivity index (χ1v) is 10.7. The maximum atomic E-state index is 12.6. The van der Waals surface area contributed by atoms with E-state index in [1.54, 1.807) is 0 Å². The highest BCUT2D eigenvalue weighted by atomic mass is 16.5. The SMILES string of the molecule is N[C@@H](Cc1ccc(OC(=O)C(C(=O)O)C(=O)[C@@H](N)Cc2ccc(O)cc2)cc1)C(=O)C(C(=O)O)C(=O)O. The van der Waals surface area contributed by atoms with Crippen molar-refractivity contribution in [2.75, 3.05) is 0 Å². The molecular weight excluding hydrogens is 492 g/mol. The molecule has 0 bridgehead atoms. The molecule has 2 aromatic rings. The van der Waals surface area contributed by atoms with Crippen LogP contribution in [0.5, 0.6) is 11.5 Å². The number of carboxylic acid groups (broad SMARTS) is 3. The smallest absolute Gasteiger partial charge is 0.333 e. The van der Waals surface area contributed by atoms with Crippen molar-refractivity contribution in [1.29, 1.82) is 0 Å². The first-order chi connectivity index (χ1) is 17.3. The molecule has 0 saturated carbocycles. The van der Waals surface area contributed by atoms with Crippen molar-refractivity contribution in [3.05, 3.63) is 59.7 Å². The van der Waals surface area contributed by atoms with Gasteiger partial charge in [0.15, 0.2) is 11.6 Å². The molecule has 13 nitrogen and oxygen atoms in total. The zero-order valence-corrected chi connectivity index (χ0v) is 19.1. The summed E-state index contributed by atoms with van der Waals surface area (Å²) >= 11 is 0. The number of rotatable bonds is 13. The van der Waals surface area contributed by atoms with Crippen LogP contribution >= 0.6 is 0 Å². The quantitative estimate of drug-likeness (QED) is 0.110. The molecule has 3 atom stereocenters. The van der Waals surface area contributed by atoms with Crippen LogP contribution in [0.25, 0.3) is 0 Å². The molecule has 37 heavy (non-hydrogen) atoms. The van der Waals surface area contributed by atoms with Gasteiger partial charge in [0, 0.05) is 0 Å². The minimum atomic E-state index is -2.32. The number of aromatic hydroxyl groups is 1. The standard InChI is InChI=1S/C24H24N2O11/c25-15(19(28)17(21(30)31)22(32)33)10-12-3-7-14(8-4-12)37-24(36)18(23(34)35)20(29)16(26)9-11-1-5-13(27)6-2-11/h1-8,15-18,27H,9-10,25-26H2,(H,30,31)(H,32,33)(H,34,35)/t15-,16-,18?/m0/s1. The molecule has 0 aromatic heterocycles. The summed E-state index contributed by atoms with van der Waals surface area (Å²) in [7, 11) is 0. The maximum Gasteiger partial charge on any atom is 0.333 e. The number of aliphatic carboxylic acids is 3. The van der Waals surface area contributed by atoms with Crippen LogP contribution in [0.1, 0.15) is 11.1 Å². The summed E-state index contributed by atoms with van der Waals surface area (Å²) in [4.78, 5) is 70.7. The van der Waals surface area contributed by atoms with E-state index in [9.17, 15) is 39.0 Å². The van der Waals surface area contributed by atoms with Gasteiger partial charge in [-0.25, -0.2) is 0 Å². The van der Waals surface area contributed by atoms with Gasteiger partial charge in [0.1, 0.15) is 11.5 Å². The molecule has 0 heterocycles. The molecule has 2 aromatic carbocycles. The Labute approximate surface area is 209 Å². The van der Waals surface area contributed by atoms with Crippen molar-refractivity contribution in [3.63, 3.8) is 0 Å². The Kier molecular flexibility index (Phi) is 9.57. The van der Waals surface area contributed by atoms with Gasteiger partial charge in [-0.1, -0.05) is 24.3 Å². The molecule has 0 amide bonds. The Balaban J connectivity index is 2.05. The fourth-order valence-electron chi connectivity index (χ4n) is 3.33. The molecule has 1 unspecified atom stereocenters. The summed E-state index contributed by atoms with van der Waals surface area (Å²) in [5.41, 5.74) is 12.4. The lowest BCUT2D eigenvalue weighted by Crippen LogP contribution is -2.45. The highest BCUT2D eigenvalue weighted by molar-refractivity contribution is 6.16. The van der Waals surface area contributed by atoms with E-state index in [0.717, 1.165) is 0 Å². The van der Waals surface area contributed by atoms with Crippen LogP contribution < -0.4 is 16.2 Å². The fourth-order valence-corrected chi connectivity index (χ4v) is 3.33. The van der Waals surface area contributed by atoms with E-state index >= 15 is 0 Å². The van der Waals surface area contributed by atoms with Crippen LogP contribution in [-0.2, 0) is 41.6 Å². The molecular formula is C24H24N2O11. The first-order valence-electron chi connectivity index (χ1n) is 10.7. The Morgan fingerprint density at radius 3 is 1.43 bits per heavy atom. The predicted molar refractivity (Wildman–Crippen MR) is 123 cm³/mol. The summed E-state index contributed by atoms with van der Waals surface area (Å²) in [5, 5.41) is 36.5. The zero-order valence-electron chi connectivity index (χ0n) is 19.1. The van der Waals surface area contributed by atoms with Gasteiger partial charge in [-0.3, -0.25) is 28.8 Å². The molecule has 0 radical (unpaired) electrons. The number of phenols is 1. The van der Waals surface area contributed by atoms with E-state index in [1.165, 1.54) is 48.5 Å². The molecule has 0 aliphatic heterocycles. The van der Waals surface area contributed by atoms with E-state index in [-0.39, 0.29) is 24.3 Å². The second-order valence-corrected chi connectivity index (χ2v) is 8.04. The van der Waals surface area contributed by atoms with Gasteiger partial charge in [0.25, 0.3) is 0 Å². The minimum Gasteiger partial charge on any atom is -0.508 e. The van der Waals surface area contributed by atoms with Gasteiger partial charge < -0.3 is 36.6 Å². The third-order valence-corrected chi connectivity index (χ3v) is 5.27. The summed E-state index contributed by atoms with van der Waals surface area (Å²) in [6.07, 6.45) is -0.319. The van der Waals surface area contributed by atoms with Crippen molar-refractivity contribution < 1.29 is 53.9 Å². The van der Waals surface area contributed by atoms with Crippen LogP contribution in [-0.4, -0.2) is 68.0 Å². The van der Waals surface area contributed by atoms with Crippen LogP contribution in [0.2, 0.25) is 0 Å². The number of nitrogens with two attached hydrogens (primary N) is 2. The second kappa shape index (κ2) is 12.4. The summed E-state index contributed by atoms with van der Waals surface area (Å²) in [6.45, 7) is 0. The molecule has 0 spiro atoms. The number of carbonyl (C=O) groups is 6. The molecule has 13 heteroatoms. The number of esters is 1. The normalized spacial score (nSPS) is 13.3. The van der Waals surface area contributed by atoms with E-state index in [1.807, 2.05) is 0 Å².